The molecular weight excluding hydrogens is 273 g/mol. The fourth-order valence-electron chi connectivity index (χ4n) is 1.40. The Kier molecular flexibility index (Phi) is 5.82. The molecule has 1 aromatic heterocycles. The van der Waals surface area contributed by atoms with Gasteiger partial charge in [-0.1, -0.05) is 0 Å². The molecule has 1 heterocycles. The van der Waals surface area contributed by atoms with Crippen LogP contribution in [0.5, 0.6) is 0 Å². The number of nitrogens with zero attached hydrogens (tertiary/aromatic N) is 3. The van der Waals surface area contributed by atoms with Gasteiger partial charge in [-0.15, -0.1) is 0 Å². The van der Waals surface area contributed by atoms with Crippen molar-refractivity contribution >= 4 is 10.0 Å². The third kappa shape index (κ3) is 4.24. The number of methoxy groups -OCH3 is 1. The second kappa shape index (κ2) is 7.13. The molecule has 8 heteroatoms. The summed E-state index contributed by atoms with van der Waals surface area (Å²) in [5, 5.41) is 8.55. The Morgan fingerprint density at radius 2 is 2.21 bits per heavy atom. The molecule has 0 amide bonds. The van der Waals surface area contributed by atoms with Crippen LogP contribution in [0.2, 0.25) is 0 Å². The second-order valence-electron chi connectivity index (χ2n) is 3.64. The summed E-state index contributed by atoms with van der Waals surface area (Å²) in [4.78, 5) is 3.28. The van der Waals surface area contributed by atoms with Gasteiger partial charge in [-0.2, -0.15) is 9.57 Å². The number of hydrogen-bond acceptors (Lipinski definition) is 5. The zero-order valence-electron chi connectivity index (χ0n) is 10.4. The van der Waals surface area contributed by atoms with Crippen molar-refractivity contribution in [3.63, 3.8) is 0 Å². The van der Waals surface area contributed by atoms with E-state index in [1.54, 1.807) is 0 Å². The number of nitriles is 1. The van der Waals surface area contributed by atoms with E-state index < -0.39 is 15.8 Å². The number of aromatic nitrogens is 1. The maximum atomic E-state index is 13.0. The van der Waals surface area contributed by atoms with E-state index >= 15 is 0 Å². The normalized spacial score (nSPS) is 11.5. The summed E-state index contributed by atoms with van der Waals surface area (Å²) in [5.41, 5.74) is 0. The van der Waals surface area contributed by atoms with Crippen molar-refractivity contribution in [2.45, 2.75) is 11.3 Å². The van der Waals surface area contributed by atoms with Crippen LogP contribution in [-0.2, 0) is 14.8 Å². The van der Waals surface area contributed by atoms with Crippen LogP contribution in [0.1, 0.15) is 6.42 Å². The van der Waals surface area contributed by atoms with Gasteiger partial charge < -0.3 is 4.74 Å². The Bertz CT molecular complexity index is 557. The number of sulfonamides is 1. The molecule has 0 aliphatic heterocycles. The van der Waals surface area contributed by atoms with E-state index in [-0.39, 0.29) is 31.0 Å². The van der Waals surface area contributed by atoms with Crippen molar-refractivity contribution < 1.29 is 17.5 Å². The first-order valence-corrected chi connectivity index (χ1v) is 6.93. The predicted molar refractivity (Wildman–Crippen MR) is 65.1 cm³/mol. The Balaban J connectivity index is 3.01. The first kappa shape index (κ1) is 15.5. The zero-order chi connectivity index (χ0) is 14.3. The molecular formula is C11H14FN3O3S. The monoisotopic (exact) mass is 287 g/mol. The molecule has 6 nitrogen and oxygen atoms in total. The van der Waals surface area contributed by atoms with Gasteiger partial charge in [-0.05, 0) is 6.07 Å². The van der Waals surface area contributed by atoms with Gasteiger partial charge in [0.25, 0.3) is 0 Å². The van der Waals surface area contributed by atoms with E-state index in [0.29, 0.717) is 0 Å². The van der Waals surface area contributed by atoms with Crippen LogP contribution in [0.15, 0.2) is 23.4 Å². The van der Waals surface area contributed by atoms with Crippen molar-refractivity contribution in [3.05, 3.63) is 24.3 Å². The zero-order valence-corrected chi connectivity index (χ0v) is 11.2. The van der Waals surface area contributed by atoms with Crippen LogP contribution in [-0.4, -0.2) is 44.5 Å². The molecule has 0 bridgehead atoms. The van der Waals surface area contributed by atoms with Crippen molar-refractivity contribution in [1.29, 1.82) is 5.26 Å². The minimum Gasteiger partial charge on any atom is -0.383 e. The Hall–Kier alpha value is -1.56. The molecule has 0 saturated carbocycles. The fourth-order valence-corrected chi connectivity index (χ4v) is 2.80. The summed E-state index contributed by atoms with van der Waals surface area (Å²) in [5.74, 6) is -0.729. The van der Waals surface area contributed by atoms with E-state index in [2.05, 4.69) is 4.98 Å². The number of pyridine rings is 1. The lowest BCUT2D eigenvalue weighted by Gasteiger charge is -2.20. The summed E-state index contributed by atoms with van der Waals surface area (Å²) in [7, 11) is -2.43. The molecule has 0 radical (unpaired) electrons. The molecule has 19 heavy (non-hydrogen) atoms. The van der Waals surface area contributed by atoms with Gasteiger partial charge in [0, 0.05) is 32.8 Å². The fraction of sp³-hybridized carbons (Fsp3) is 0.455. The Morgan fingerprint density at radius 3 is 2.79 bits per heavy atom. The second-order valence-corrected chi connectivity index (χ2v) is 5.58. The number of ether oxygens (including phenoxy) is 1. The minimum atomic E-state index is -3.87. The lowest BCUT2D eigenvalue weighted by atomic mass is 10.4. The van der Waals surface area contributed by atoms with Crippen LogP contribution < -0.4 is 0 Å². The summed E-state index contributed by atoms with van der Waals surface area (Å²) >= 11 is 0. The first-order valence-electron chi connectivity index (χ1n) is 5.49. The molecule has 0 N–H and O–H groups in total. The summed E-state index contributed by atoms with van der Waals surface area (Å²) < 4.78 is 43.5. The highest BCUT2D eigenvalue weighted by Gasteiger charge is 2.24. The molecule has 0 saturated heterocycles. The highest BCUT2D eigenvalue weighted by Crippen LogP contribution is 2.15. The molecule has 0 unspecified atom stereocenters. The molecule has 0 atom stereocenters. The van der Waals surface area contributed by atoms with Gasteiger partial charge in [0.1, 0.15) is 10.7 Å². The van der Waals surface area contributed by atoms with Crippen molar-refractivity contribution in [2.75, 3.05) is 26.8 Å². The van der Waals surface area contributed by atoms with E-state index in [4.69, 9.17) is 10.00 Å². The average molecular weight is 287 g/mol. The largest absolute Gasteiger partial charge is 0.383 e. The average Bonchev–Trinajstić information content (AvgIpc) is 2.38. The lowest BCUT2D eigenvalue weighted by molar-refractivity contribution is 0.179. The maximum absolute atomic E-state index is 13.0. The SMILES string of the molecule is COCCN(CCC#N)S(=O)(=O)c1cncc(F)c1. The van der Waals surface area contributed by atoms with E-state index in [0.717, 1.165) is 22.8 Å². The van der Waals surface area contributed by atoms with Gasteiger partial charge in [0.15, 0.2) is 0 Å². The van der Waals surface area contributed by atoms with Crippen LogP contribution in [0, 0.1) is 17.1 Å². The van der Waals surface area contributed by atoms with Gasteiger partial charge >= 0.3 is 0 Å². The van der Waals surface area contributed by atoms with Gasteiger partial charge in [-0.25, -0.2) is 12.8 Å². The molecule has 0 spiro atoms. The van der Waals surface area contributed by atoms with Gasteiger partial charge in [-0.3, -0.25) is 4.98 Å². The van der Waals surface area contributed by atoms with Crippen molar-refractivity contribution in [1.82, 2.24) is 9.29 Å². The van der Waals surface area contributed by atoms with E-state index in [9.17, 15) is 12.8 Å². The third-order valence-electron chi connectivity index (χ3n) is 2.34. The molecule has 104 valence electrons. The smallest absolute Gasteiger partial charge is 0.244 e. The summed E-state index contributed by atoms with van der Waals surface area (Å²) in [6.07, 6.45) is 2.05. The number of hydrogen-bond donors (Lipinski definition) is 0. The predicted octanol–water partition coefficient (Wildman–Crippen LogP) is 0.771. The maximum Gasteiger partial charge on any atom is 0.244 e. The van der Waals surface area contributed by atoms with Crippen molar-refractivity contribution in [2.24, 2.45) is 0 Å². The Morgan fingerprint density at radius 1 is 1.47 bits per heavy atom. The highest BCUT2D eigenvalue weighted by molar-refractivity contribution is 7.89. The van der Waals surface area contributed by atoms with Crippen molar-refractivity contribution in [3.8, 4) is 6.07 Å². The molecule has 0 fully saturated rings. The van der Waals surface area contributed by atoms with Gasteiger partial charge in [0.2, 0.25) is 10.0 Å². The third-order valence-corrected chi connectivity index (χ3v) is 4.20. The van der Waals surface area contributed by atoms with Crippen LogP contribution in [0.25, 0.3) is 0 Å². The molecule has 0 aliphatic rings. The molecule has 0 aromatic carbocycles. The minimum absolute atomic E-state index is 0.0265. The summed E-state index contributed by atoms with van der Waals surface area (Å²) in [6, 6.07) is 2.77. The van der Waals surface area contributed by atoms with Crippen LogP contribution in [0.4, 0.5) is 4.39 Å². The molecule has 1 aromatic rings. The first-order chi connectivity index (χ1) is 9.02. The summed E-state index contributed by atoms with van der Waals surface area (Å²) in [6.45, 7) is 0.309. The lowest BCUT2D eigenvalue weighted by Crippen LogP contribution is -2.34. The van der Waals surface area contributed by atoms with E-state index in [1.807, 2.05) is 6.07 Å². The quantitative estimate of drug-likeness (QED) is 0.739. The van der Waals surface area contributed by atoms with Crippen LogP contribution in [0.3, 0.4) is 0 Å². The topological polar surface area (TPSA) is 83.3 Å². The highest BCUT2D eigenvalue weighted by atomic mass is 32.2. The molecule has 1 rings (SSSR count). The Labute approximate surface area is 111 Å². The van der Waals surface area contributed by atoms with E-state index in [1.165, 1.54) is 7.11 Å². The number of halogens is 1. The standard InChI is InChI=1S/C11H14FN3O3S/c1-18-6-5-15(4-2-3-13)19(16,17)11-7-10(12)8-14-9-11/h7-9H,2,4-6H2,1H3. The number of rotatable bonds is 7. The molecule has 0 aliphatic carbocycles. The van der Waals surface area contributed by atoms with Crippen LogP contribution >= 0.6 is 0 Å². The van der Waals surface area contributed by atoms with Gasteiger partial charge in [0.05, 0.1) is 18.9 Å².